The summed E-state index contributed by atoms with van der Waals surface area (Å²) < 4.78 is 11.4. The van der Waals surface area contributed by atoms with Crippen LogP contribution in [0.25, 0.3) is 0 Å². The summed E-state index contributed by atoms with van der Waals surface area (Å²) >= 11 is 0. The minimum absolute atomic E-state index is 0.0888. The molecule has 3 rings (SSSR count). The molecule has 1 heterocycles. The second-order valence-corrected chi connectivity index (χ2v) is 7.25. The molecular weight excluding hydrogens is 368 g/mol. The van der Waals surface area contributed by atoms with E-state index in [1.807, 2.05) is 38.1 Å². The molecule has 1 aliphatic rings. The minimum Gasteiger partial charge on any atom is -0.481 e. The fourth-order valence-electron chi connectivity index (χ4n) is 3.25. The van der Waals surface area contributed by atoms with Gasteiger partial charge in [-0.2, -0.15) is 0 Å². The molecular formula is C23H28N2O4. The molecule has 0 radical (unpaired) electrons. The second-order valence-electron chi connectivity index (χ2n) is 7.25. The molecule has 2 unspecified atom stereocenters. The van der Waals surface area contributed by atoms with Crippen molar-refractivity contribution >= 4 is 17.5 Å². The number of nitrogens with one attached hydrogen (secondary N) is 2. The highest BCUT2D eigenvalue weighted by Crippen LogP contribution is 2.18. The average Bonchev–Trinajstić information content (AvgIpc) is 3.24. The Morgan fingerprint density at radius 1 is 1.21 bits per heavy atom. The van der Waals surface area contributed by atoms with Crippen molar-refractivity contribution in [3.8, 4) is 5.75 Å². The van der Waals surface area contributed by atoms with Crippen LogP contribution < -0.4 is 15.4 Å². The molecule has 0 saturated carbocycles. The van der Waals surface area contributed by atoms with Crippen LogP contribution in [0.5, 0.6) is 5.75 Å². The molecule has 1 saturated heterocycles. The lowest BCUT2D eigenvalue weighted by Crippen LogP contribution is -2.33. The molecule has 6 nitrogen and oxygen atoms in total. The van der Waals surface area contributed by atoms with Crippen molar-refractivity contribution in [2.24, 2.45) is 0 Å². The maximum atomic E-state index is 12.7. The molecule has 0 bridgehead atoms. The zero-order chi connectivity index (χ0) is 20.6. The first-order chi connectivity index (χ1) is 14.0. The first kappa shape index (κ1) is 20.9. The third-order valence-electron chi connectivity index (χ3n) is 4.84. The number of carbonyl (C=O) groups excluding carboxylic acids is 2. The van der Waals surface area contributed by atoms with Gasteiger partial charge in [0, 0.05) is 24.4 Å². The van der Waals surface area contributed by atoms with Gasteiger partial charge in [-0.15, -0.1) is 0 Å². The van der Waals surface area contributed by atoms with Gasteiger partial charge in [0.2, 0.25) is 0 Å². The molecule has 0 aliphatic carbocycles. The van der Waals surface area contributed by atoms with Crippen LogP contribution in [0, 0.1) is 6.92 Å². The molecule has 29 heavy (non-hydrogen) atoms. The summed E-state index contributed by atoms with van der Waals surface area (Å²) in [5.74, 6) is 0.236. The van der Waals surface area contributed by atoms with E-state index in [1.54, 1.807) is 24.3 Å². The van der Waals surface area contributed by atoms with Crippen LogP contribution in [0.2, 0.25) is 0 Å². The van der Waals surface area contributed by atoms with E-state index in [9.17, 15) is 9.59 Å². The van der Waals surface area contributed by atoms with E-state index in [0.29, 0.717) is 30.0 Å². The van der Waals surface area contributed by atoms with Gasteiger partial charge in [0.15, 0.2) is 6.10 Å². The average molecular weight is 396 g/mol. The van der Waals surface area contributed by atoms with Crippen molar-refractivity contribution in [2.75, 3.05) is 18.5 Å². The van der Waals surface area contributed by atoms with E-state index in [1.165, 1.54) is 0 Å². The van der Waals surface area contributed by atoms with Crippen LogP contribution in [0.3, 0.4) is 0 Å². The Bertz CT molecular complexity index is 846. The maximum Gasteiger partial charge on any atom is 0.265 e. The zero-order valence-electron chi connectivity index (χ0n) is 16.9. The van der Waals surface area contributed by atoms with Gasteiger partial charge in [-0.25, -0.2) is 0 Å². The van der Waals surface area contributed by atoms with Crippen molar-refractivity contribution in [3.63, 3.8) is 0 Å². The molecule has 0 aromatic heterocycles. The van der Waals surface area contributed by atoms with Crippen LogP contribution in [0.1, 0.15) is 42.1 Å². The number of amides is 2. The number of rotatable bonds is 8. The summed E-state index contributed by atoms with van der Waals surface area (Å²) in [6, 6.07) is 14.5. The number of ether oxygens (including phenoxy) is 2. The van der Waals surface area contributed by atoms with Crippen molar-refractivity contribution < 1.29 is 19.1 Å². The van der Waals surface area contributed by atoms with E-state index in [0.717, 1.165) is 25.0 Å². The molecule has 154 valence electrons. The van der Waals surface area contributed by atoms with Gasteiger partial charge < -0.3 is 20.1 Å². The zero-order valence-corrected chi connectivity index (χ0v) is 16.9. The predicted molar refractivity (Wildman–Crippen MR) is 112 cm³/mol. The number of aryl methyl sites for hydroxylation is 1. The highest BCUT2D eigenvalue weighted by molar-refractivity contribution is 5.98. The largest absolute Gasteiger partial charge is 0.481 e. The molecule has 2 aromatic carbocycles. The van der Waals surface area contributed by atoms with Gasteiger partial charge in [0.1, 0.15) is 5.75 Å². The molecule has 1 aliphatic heterocycles. The smallest absolute Gasteiger partial charge is 0.265 e. The summed E-state index contributed by atoms with van der Waals surface area (Å²) in [5, 5.41) is 5.74. The third-order valence-corrected chi connectivity index (χ3v) is 4.84. The summed E-state index contributed by atoms with van der Waals surface area (Å²) in [7, 11) is 0. The second kappa shape index (κ2) is 10.1. The Morgan fingerprint density at radius 3 is 2.76 bits per heavy atom. The van der Waals surface area contributed by atoms with Crippen LogP contribution in [-0.4, -0.2) is 37.2 Å². The van der Waals surface area contributed by atoms with Crippen molar-refractivity contribution in [2.45, 2.75) is 45.3 Å². The number of benzene rings is 2. The normalized spacial score (nSPS) is 16.8. The number of hydrogen-bond acceptors (Lipinski definition) is 4. The van der Waals surface area contributed by atoms with E-state index < -0.39 is 6.10 Å². The Balaban J connectivity index is 1.58. The molecule has 2 N–H and O–H groups in total. The van der Waals surface area contributed by atoms with Gasteiger partial charge in [-0.05, 0) is 62.1 Å². The number of anilines is 1. The van der Waals surface area contributed by atoms with Crippen LogP contribution in [-0.2, 0) is 9.53 Å². The van der Waals surface area contributed by atoms with E-state index >= 15 is 0 Å². The van der Waals surface area contributed by atoms with Crippen LogP contribution >= 0.6 is 0 Å². The number of carbonyl (C=O) groups is 2. The van der Waals surface area contributed by atoms with Gasteiger partial charge in [0.25, 0.3) is 11.8 Å². The van der Waals surface area contributed by atoms with Gasteiger partial charge in [-0.1, -0.05) is 25.1 Å². The Labute approximate surface area is 171 Å². The van der Waals surface area contributed by atoms with Gasteiger partial charge >= 0.3 is 0 Å². The van der Waals surface area contributed by atoms with Crippen molar-refractivity contribution in [1.82, 2.24) is 5.32 Å². The molecule has 2 atom stereocenters. The topological polar surface area (TPSA) is 76.7 Å². The van der Waals surface area contributed by atoms with Gasteiger partial charge in [-0.3, -0.25) is 9.59 Å². The Kier molecular flexibility index (Phi) is 7.25. The maximum absolute atomic E-state index is 12.7. The van der Waals surface area contributed by atoms with Crippen molar-refractivity contribution in [3.05, 3.63) is 59.7 Å². The van der Waals surface area contributed by atoms with E-state index in [2.05, 4.69) is 10.6 Å². The lowest BCUT2D eigenvalue weighted by atomic mass is 10.1. The highest BCUT2D eigenvalue weighted by atomic mass is 16.5. The number of hydrogen-bond donors (Lipinski definition) is 2. The van der Waals surface area contributed by atoms with Crippen molar-refractivity contribution in [1.29, 1.82) is 0 Å². The lowest BCUT2D eigenvalue weighted by molar-refractivity contribution is -0.122. The first-order valence-electron chi connectivity index (χ1n) is 10.1. The third kappa shape index (κ3) is 6.06. The predicted octanol–water partition coefficient (Wildman–Crippen LogP) is 3.70. The highest BCUT2D eigenvalue weighted by Gasteiger charge is 2.20. The van der Waals surface area contributed by atoms with Gasteiger partial charge in [0.05, 0.1) is 6.10 Å². The van der Waals surface area contributed by atoms with E-state index in [-0.39, 0.29) is 17.9 Å². The first-order valence-corrected chi connectivity index (χ1v) is 10.1. The minimum atomic E-state index is -0.617. The quantitative estimate of drug-likeness (QED) is 0.713. The van der Waals surface area contributed by atoms with Crippen LogP contribution in [0.15, 0.2) is 48.5 Å². The SMILES string of the molecule is CCC(Oc1cccc(C)c1)C(=O)Nc1cccc(C(=O)NCC2CCCO2)c1. The Hall–Kier alpha value is -2.86. The standard InChI is InChI=1S/C23H28N2O4/c1-3-21(29-19-10-4-7-16(2)13-19)23(27)25-18-9-5-8-17(14-18)22(26)24-15-20-11-6-12-28-20/h4-5,7-10,13-14,20-21H,3,6,11-12,15H2,1-2H3,(H,24,26)(H,25,27). The monoisotopic (exact) mass is 396 g/mol. The summed E-state index contributed by atoms with van der Waals surface area (Å²) in [4.78, 5) is 25.1. The molecule has 2 amide bonds. The fraction of sp³-hybridized carbons (Fsp3) is 0.391. The van der Waals surface area contributed by atoms with Crippen LogP contribution in [0.4, 0.5) is 5.69 Å². The molecule has 0 spiro atoms. The molecule has 6 heteroatoms. The lowest BCUT2D eigenvalue weighted by Gasteiger charge is -2.18. The fourth-order valence-corrected chi connectivity index (χ4v) is 3.25. The van der Waals surface area contributed by atoms with E-state index in [4.69, 9.17) is 9.47 Å². The molecule has 2 aromatic rings. The summed E-state index contributed by atoms with van der Waals surface area (Å²) in [6.07, 6.45) is 2.00. The molecule has 1 fully saturated rings. The summed E-state index contributed by atoms with van der Waals surface area (Å²) in [6.45, 7) is 5.13. The Morgan fingerprint density at radius 2 is 2.03 bits per heavy atom. The summed E-state index contributed by atoms with van der Waals surface area (Å²) in [5.41, 5.74) is 2.12.